The smallest absolute Gasteiger partial charge is 0.257 e. The number of hydrogen-bond donors (Lipinski definition) is 2. The number of carbonyl (C=O) groups excluding carboxylic acids is 1. The van der Waals surface area contributed by atoms with Crippen LogP contribution in [0.15, 0.2) is 32.6 Å². The van der Waals surface area contributed by atoms with Gasteiger partial charge in [0.05, 0.1) is 5.56 Å². The number of nitrogens with zero attached hydrogens (tertiary/aromatic N) is 1. The number of amides is 1. The zero-order valence-corrected chi connectivity index (χ0v) is 13.8. The Balaban J connectivity index is 2.22. The number of nitrogens with one attached hydrogen (secondary N) is 2. The van der Waals surface area contributed by atoms with Crippen molar-refractivity contribution < 1.29 is 9.18 Å². The summed E-state index contributed by atoms with van der Waals surface area (Å²) in [6.07, 6.45) is 1.77. The van der Waals surface area contributed by atoms with Crippen molar-refractivity contribution in [2.24, 2.45) is 0 Å². The van der Waals surface area contributed by atoms with Crippen LogP contribution in [-0.2, 0) is 4.79 Å². The Bertz CT molecular complexity index is 824. The molecule has 0 aliphatic carbocycles. The van der Waals surface area contributed by atoms with E-state index in [-0.39, 0.29) is 29.3 Å². The fourth-order valence-corrected chi connectivity index (χ4v) is 3.25. The van der Waals surface area contributed by atoms with Crippen molar-refractivity contribution in [1.29, 1.82) is 0 Å². The third-order valence-electron chi connectivity index (χ3n) is 3.46. The van der Waals surface area contributed by atoms with Gasteiger partial charge in [0.15, 0.2) is 5.16 Å². The second-order valence-corrected chi connectivity index (χ2v) is 6.52. The predicted octanol–water partition coefficient (Wildman–Crippen LogP) is 2.87. The molecule has 3 rings (SSSR count). The zero-order valence-electron chi connectivity index (χ0n) is 11.4. The van der Waals surface area contributed by atoms with Crippen LogP contribution in [0.25, 0.3) is 0 Å². The van der Waals surface area contributed by atoms with Crippen LogP contribution in [-0.4, -0.2) is 22.1 Å². The summed E-state index contributed by atoms with van der Waals surface area (Å²) in [7, 11) is 0. The maximum absolute atomic E-state index is 14.2. The van der Waals surface area contributed by atoms with Gasteiger partial charge in [-0.1, -0.05) is 27.7 Å². The summed E-state index contributed by atoms with van der Waals surface area (Å²) in [6.45, 7) is 0. The van der Waals surface area contributed by atoms with Gasteiger partial charge in [-0.3, -0.25) is 9.59 Å². The van der Waals surface area contributed by atoms with Gasteiger partial charge in [0.25, 0.3) is 5.56 Å². The normalized spacial score (nSPS) is 17.0. The lowest BCUT2D eigenvalue weighted by molar-refractivity contribution is -0.116. The number of aromatic nitrogens is 2. The molecule has 22 heavy (non-hydrogen) atoms. The van der Waals surface area contributed by atoms with E-state index in [0.717, 1.165) is 0 Å². The van der Waals surface area contributed by atoms with Gasteiger partial charge in [0, 0.05) is 16.8 Å². The molecule has 0 saturated carbocycles. The highest BCUT2D eigenvalue weighted by Crippen LogP contribution is 2.36. The van der Waals surface area contributed by atoms with Crippen molar-refractivity contribution in [2.75, 3.05) is 11.6 Å². The molecule has 1 aliphatic heterocycles. The molecule has 0 fully saturated rings. The minimum atomic E-state index is -0.659. The molecule has 0 bridgehead atoms. The lowest BCUT2D eigenvalue weighted by atomic mass is 9.86. The quantitative estimate of drug-likeness (QED) is 0.617. The third kappa shape index (κ3) is 2.68. The number of thioether (sulfide) groups is 1. The molecule has 1 amide bonds. The second kappa shape index (κ2) is 5.85. The van der Waals surface area contributed by atoms with Crippen LogP contribution in [0.2, 0.25) is 0 Å². The van der Waals surface area contributed by atoms with Crippen LogP contribution in [0.1, 0.15) is 23.5 Å². The lowest BCUT2D eigenvalue weighted by Gasteiger charge is -2.24. The Morgan fingerprint density at radius 3 is 2.91 bits per heavy atom. The largest absolute Gasteiger partial charge is 0.310 e. The Kier molecular flexibility index (Phi) is 4.05. The molecule has 0 saturated heterocycles. The maximum atomic E-state index is 14.2. The Hall–Kier alpha value is -1.67. The first-order chi connectivity index (χ1) is 10.5. The van der Waals surface area contributed by atoms with E-state index in [2.05, 4.69) is 31.2 Å². The van der Waals surface area contributed by atoms with E-state index >= 15 is 0 Å². The highest BCUT2D eigenvalue weighted by molar-refractivity contribution is 9.10. The standard InChI is InChI=1S/C14H11BrFN3O2S/c1-22-14-18-12-11(13(21)19-14)8(5-10(20)17-12)7-4-6(15)2-3-9(7)16/h2-4,8H,5H2,1H3,(H2,17,18,19,20,21)/t8-/m0/s1. The van der Waals surface area contributed by atoms with Crippen molar-refractivity contribution in [2.45, 2.75) is 17.5 Å². The predicted molar refractivity (Wildman–Crippen MR) is 85.8 cm³/mol. The molecule has 2 N–H and O–H groups in total. The second-order valence-electron chi connectivity index (χ2n) is 4.81. The minimum absolute atomic E-state index is 0.00372. The van der Waals surface area contributed by atoms with Crippen LogP contribution in [0.5, 0.6) is 0 Å². The summed E-state index contributed by atoms with van der Waals surface area (Å²) < 4.78 is 14.8. The summed E-state index contributed by atoms with van der Waals surface area (Å²) >= 11 is 4.55. The number of H-pyrrole nitrogens is 1. The summed E-state index contributed by atoms with van der Waals surface area (Å²) in [5, 5.41) is 2.99. The van der Waals surface area contributed by atoms with Crippen molar-refractivity contribution in [3.05, 3.63) is 50.0 Å². The van der Waals surface area contributed by atoms with Gasteiger partial charge in [-0.05, 0) is 30.0 Å². The van der Waals surface area contributed by atoms with Gasteiger partial charge in [0.1, 0.15) is 11.6 Å². The number of carbonyl (C=O) groups is 1. The van der Waals surface area contributed by atoms with Crippen molar-refractivity contribution in [3.8, 4) is 0 Å². The number of benzene rings is 1. The maximum Gasteiger partial charge on any atom is 0.257 e. The molecular formula is C14H11BrFN3O2S. The molecular weight excluding hydrogens is 373 g/mol. The third-order valence-corrected chi connectivity index (χ3v) is 4.53. The van der Waals surface area contributed by atoms with E-state index in [0.29, 0.717) is 15.2 Å². The average Bonchev–Trinajstić information content (AvgIpc) is 2.48. The monoisotopic (exact) mass is 383 g/mol. The van der Waals surface area contributed by atoms with Gasteiger partial charge in [-0.15, -0.1) is 0 Å². The molecule has 1 atom stereocenters. The van der Waals surface area contributed by atoms with Gasteiger partial charge >= 0.3 is 0 Å². The number of halogens is 2. The van der Waals surface area contributed by atoms with Gasteiger partial charge in [0.2, 0.25) is 5.91 Å². The number of aromatic amines is 1. The first-order valence-electron chi connectivity index (χ1n) is 6.42. The average molecular weight is 384 g/mol. The van der Waals surface area contributed by atoms with E-state index in [9.17, 15) is 14.0 Å². The molecule has 1 aromatic heterocycles. The molecule has 2 heterocycles. The van der Waals surface area contributed by atoms with E-state index in [4.69, 9.17) is 0 Å². The first kappa shape index (κ1) is 15.2. The Morgan fingerprint density at radius 2 is 2.18 bits per heavy atom. The highest BCUT2D eigenvalue weighted by atomic mass is 79.9. The SMILES string of the molecule is CSc1nc2c(c(=O)[nH]1)[C@H](c1cc(Br)ccc1F)CC(=O)N2. The van der Waals surface area contributed by atoms with Gasteiger partial charge in [-0.25, -0.2) is 9.37 Å². The number of rotatable bonds is 2. The molecule has 0 unspecified atom stereocenters. The molecule has 0 spiro atoms. The minimum Gasteiger partial charge on any atom is -0.310 e. The molecule has 1 aromatic carbocycles. The first-order valence-corrected chi connectivity index (χ1v) is 8.44. The number of hydrogen-bond acceptors (Lipinski definition) is 4. The van der Waals surface area contributed by atoms with E-state index in [1.807, 2.05) is 0 Å². The Labute approximate surface area is 137 Å². The molecule has 2 aromatic rings. The van der Waals surface area contributed by atoms with E-state index < -0.39 is 11.7 Å². The van der Waals surface area contributed by atoms with Gasteiger partial charge in [-0.2, -0.15) is 0 Å². The molecule has 114 valence electrons. The molecule has 0 radical (unpaired) electrons. The fourth-order valence-electron chi connectivity index (χ4n) is 2.49. The highest BCUT2D eigenvalue weighted by Gasteiger charge is 2.32. The molecule has 1 aliphatic rings. The summed E-state index contributed by atoms with van der Waals surface area (Å²) in [5.74, 6) is -1.20. The van der Waals surface area contributed by atoms with Crippen molar-refractivity contribution in [3.63, 3.8) is 0 Å². The molecule has 5 nitrogen and oxygen atoms in total. The summed E-state index contributed by atoms with van der Waals surface area (Å²) in [6, 6.07) is 4.47. The zero-order chi connectivity index (χ0) is 15.9. The summed E-state index contributed by atoms with van der Waals surface area (Å²) in [4.78, 5) is 31.1. The van der Waals surface area contributed by atoms with E-state index in [1.165, 1.54) is 17.8 Å². The van der Waals surface area contributed by atoms with Crippen LogP contribution >= 0.6 is 27.7 Å². The van der Waals surface area contributed by atoms with Crippen LogP contribution in [0.3, 0.4) is 0 Å². The molecule has 8 heteroatoms. The van der Waals surface area contributed by atoms with Crippen molar-refractivity contribution >= 4 is 39.4 Å². The van der Waals surface area contributed by atoms with E-state index in [1.54, 1.807) is 18.4 Å². The lowest BCUT2D eigenvalue weighted by Crippen LogP contribution is -2.31. The number of fused-ring (bicyclic) bond motifs is 1. The van der Waals surface area contributed by atoms with Crippen LogP contribution in [0, 0.1) is 5.82 Å². The number of anilines is 1. The van der Waals surface area contributed by atoms with Crippen LogP contribution in [0.4, 0.5) is 10.2 Å². The fraction of sp³-hybridized carbons (Fsp3) is 0.214. The van der Waals surface area contributed by atoms with Crippen molar-refractivity contribution in [1.82, 2.24) is 9.97 Å². The topological polar surface area (TPSA) is 74.8 Å². The Morgan fingerprint density at radius 1 is 1.41 bits per heavy atom. The summed E-state index contributed by atoms with van der Waals surface area (Å²) in [5.41, 5.74) is 0.225. The van der Waals surface area contributed by atoms with Gasteiger partial charge < -0.3 is 10.3 Å². The van der Waals surface area contributed by atoms with Crippen LogP contribution < -0.4 is 10.9 Å².